The van der Waals surface area contributed by atoms with Gasteiger partial charge in [-0.2, -0.15) is 8.75 Å². The van der Waals surface area contributed by atoms with E-state index in [9.17, 15) is 4.79 Å². The van der Waals surface area contributed by atoms with E-state index in [1.807, 2.05) is 23.1 Å². The van der Waals surface area contributed by atoms with E-state index in [4.69, 9.17) is 0 Å². The maximum atomic E-state index is 12.8. The molecule has 3 rings (SSSR count). The molecule has 3 heterocycles. The molecule has 1 unspecified atom stereocenters. The number of aromatic nitrogens is 3. The van der Waals surface area contributed by atoms with Gasteiger partial charge < -0.3 is 10.2 Å². The van der Waals surface area contributed by atoms with Gasteiger partial charge in [-0.1, -0.05) is 6.07 Å². The van der Waals surface area contributed by atoms with Crippen molar-refractivity contribution in [1.29, 1.82) is 0 Å². The molecule has 1 fully saturated rings. The molecule has 0 aromatic carbocycles. The SMILES string of the molecule is O=C(c1cnsn1)N(Cc1ccccn1)C1CCCNCC1. The summed E-state index contributed by atoms with van der Waals surface area (Å²) in [5.41, 5.74) is 1.33. The average molecular weight is 317 g/mol. The van der Waals surface area contributed by atoms with Crippen LogP contribution in [-0.2, 0) is 6.54 Å². The van der Waals surface area contributed by atoms with Crippen LogP contribution in [0.25, 0.3) is 0 Å². The van der Waals surface area contributed by atoms with Crippen molar-refractivity contribution in [2.24, 2.45) is 0 Å². The molecule has 0 saturated carbocycles. The summed E-state index contributed by atoms with van der Waals surface area (Å²) in [4.78, 5) is 19.1. The molecule has 7 heteroatoms. The van der Waals surface area contributed by atoms with Crippen molar-refractivity contribution in [1.82, 2.24) is 23.9 Å². The van der Waals surface area contributed by atoms with Crippen LogP contribution in [0.1, 0.15) is 35.4 Å². The summed E-state index contributed by atoms with van der Waals surface area (Å²) in [6.07, 6.45) is 6.34. The highest BCUT2D eigenvalue weighted by Gasteiger charge is 2.27. The molecule has 0 spiro atoms. The number of rotatable bonds is 4. The molecule has 0 radical (unpaired) electrons. The van der Waals surface area contributed by atoms with Gasteiger partial charge in [-0.05, 0) is 44.5 Å². The second-order valence-corrected chi connectivity index (χ2v) is 5.94. The van der Waals surface area contributed by atoms with Crippen LogP contribution >= 0.6 is 11.7 Å². The van der Waals surface area contributed by atoms with E-state index in [-0.39, 0.29) is 11.9 Å². The minimum atomic E-state index is -0.0497. The van der Waals surface area contributed by atoms with Crippen LogP contribution < -0.4 is 5.32 Å². The molecule has 1 N–H and O–H groups in total. The largest absolute Gasteiger partial charge is 0.328 e. The van der Waals surface area contributed by atoms with Gasteiger partial charge in [0.2, 0.25) is 0 Å². The Morgan fingerprint density at radius 2 is 2.32 bits per heavy atom. The Hall–Kier alpha value is -1.86. The fourth-order valence-corrected chi connectivity index (χ4v) is 3.16. The number of carbonyl (C=O) groups excluding carboxylic acids is 1. The number of amides is 1. The van der Waals surface area contributed by atoms with Crippen LogP contribution in [0, 0.1) is 0 Å². The molecule has 1 amide bonds. The van der Waals surface area contributed by atoms with Gasteiger partial charge in [-0.25, -0.2) is 0 Å². The lowest BCUT2D eigenvalue weighted by atomic mass is 10.1. The first-order valence-electron chi connectivity index (χ1n) is 7.54. The van der Waals surface area contributed by atoms with Gasteiger partial charge in [0.15, 0.2) is 5.69 Å². The van der Waals surface area contributed by atoms with E-state index in [1.165, 1.54) is 0 Å². The Kier molecular flexibility index (Phi) is 5.07. The Morgan fingerprint density at radius 1 is 1.36 bits per heavy atom. The fourth-order valence-electron chi connectivity index (χ4n) is 2.75. The van der Waals surface area contributed by atoms with Gasteiger partial charge in [-0.15, -0.1) is 0 Å². The van der Waals surface area contributed by atoms with Gasteiger partial charge in [0.05, 0.1) is 30.2 Å². The van der Waals surface area contributed by atoms with Crippen LogP contribution in [0.4, 0.5) is 0 Å². The summed E-state index contributed by atoms with van der Waals surface area (Å²) >= 11 is 1.07. The lowest BCUT2D eigenvalue weighted by molar-refractivity contribution is 0.0637. The zero-order valence-corrected chi connectivity index (χ0v) is 13.1. The van der Waals surface area contributed by atoms with Crippen LogP contribution in [0.2, 0.25) is 0 Å². The van der Waals surface area contributed by atoms with Crippen LogP contribution in [0.5, 0.6) is 0 Å². The Morgan fingerprint density at radius 3 is 3.09 bits per heavy atom. The maximum Gasteiger partial charge on any atom is 0.275 e. The topological polar surface area (TPSA) is 71.0 Å². The molecule has 1 aliphatic heterocycles. The summed E-state index contributed by atoms with van der Waals surface area (Å²) in [5.74, 6) is -0.0497. The maximum absolute atomic E-state index is 12.8. The number of hydrogen-bond acceptors (Lipinski definition) is 6. The number of pyridine rings is 1. The van der Waals surface area contributed by atoms with Gasteiger partial charge in [-0.3, -0.25) is 9.78 Å². The lowest BCUT2D eigenvalue weighted by Gasteiger charge is -2.30. The van der Waals surface area contributed by atoms with E-state index in [2.05, 4.69) is 19.0 Å². The highest BCUT2D eigenvalue weighted by Crippen LogP contribution is 2.18. The summed E-state index contributed by atoms with van der Waals surface area (Å²) in [7, 11) is 0. The quantitative estimate of drug-likeness (QED) is 0.929. The smallest absolute Gasteiger partial charge is 0.275 e. The standard InChI is InChI=1S/C15H19N5OS/c21-15(14-10-18-22-19-14)20(11-12-4-1-2-8-17-12)13-5-3-7-16-9-6-13/h1-2,4,8,10,13,16H,3,5-7,9,11H2. The summed E-state index contributed by atoms with van der Waals surface area (Å²) in [6.45, 7) is 2.47. The van der Waals surface area contributed by atoms with Crippen molar-refractivity contribution in [2.75, 3.05) is 13.1 Å². The van der Waals surface area contributed by atoms with Crippen molar-refractivity contribution in [3.63, 3.8) is 0 Å². The Bertz CT molecular complexity index is 581. The highest BCUT2D eigenvalue weighted by molar-refractivity contribution is 6.99. The van der Waals surface area contributed by atoms with Crippen molar-refractivity contribution in [3.05, 3.63) is 42.0 Å². The molecule has 0 aliphatic carbocycles. The normalized spacial score (nSPS) is 18.6. The minimum absolute atomic E-state index is 0.0497. The summed E-state index contributed by atoms with van der Waals surface area (Å²) in [6, 6.07) is 6.00. The monoisotopic (exact) mass is 317 g/mol. The zero-order chi connectivity index (χ0) is 15.2. The predicted molar refractivity (Wildman–Crippen MR) is 84.5 cm³/mol. The van der Waals surface area contributed by atoms with E-state index < -0.39 is 0 Å². The molecule has 0 bridgehead atoms. The third kappa shape index (κ3) is 3.66. The number of hydrogen-bond donors (Lipinski definition) is 1. The first kappa shape index (κ1) is 15.1. The third-order valence-electron chi connectivity index (χ3n) is 3.89. The molecule has 116 valence electrons. The third-order valence-corrected chi connectivity index (χ3v) is 4.36. The van der Waals surface area contributed by atoms with Crippen molar-refractivity contribution in [2.45, 2.75) is 31.8 Å². The van der Waals surface area contributed by atoms with Crippen LogP contribution in [-0.4, -0.2) is 43.7 Å². The number of nitrogens with one attached hydrogen (secondary N) is 1. The number of carbonyl (C=O) groups is 1. The zero-order valence-electron chi connectivity index (χ0n) is 12.3. The summed E-state index contributed by atoms with van der Waals surface area (Å²) < 4.78 is 8.05. The molecule has 1 atom stereocenters. The van der Waals surface area contributed by atoms with E-state index in [1.54, 1.807) is 12.4 Å². The van der Waals surface area contributed by atoms with Crippen molar-refractivity contribution >= 4 is 17.6 Å². The van der Waals surface area contributed by atoms with Gasteiger partial charge >= 0.3 is 0 Å². The Balaban J connectivity index is 1.82. The lowest BCUT2D eigenvalue weighted by Crippen LogP contribution is -2.40. The summed E-state index contributed by atoms with van der Waals surface area (Å²) in [5, 5.41) is 3.39. The first-order chi connectivity index (χ1) is 10.8. The molecule has 2 aromatic rings. The minimum Gasteiger partial charge on any atom is -0.328 e. The highest BCUT2D eigenvalue weighted by atomic mass is 32.1. The first-order valence-corrected chi connectivity index (χ1v) is 8.27. The second kappa shape index (κ2) is 7.42. The molecule has 2 aromatic heterocycles. The Labute approximate surface area is 133 Å². The van der Waals surface area contributed by atoms with Crippen LogP contribution in [0.15, 0.2) is 30.6 Å². The van der Waals surface area contributed by atoms with Crippen molar-refractivity contribution in [3.8, 4) is 0 Å². The predicted octanol–water partition coefficient (Wildman–Crippen LogP) is 1.72. The molecular weight excluding hydrogens is 298 g/mol. The van der Waals surface area contributed by atoms with Gasteiger partial charge in [0.25, 0.3) is 5.91 Å². The second-order valence-electron chi connectivity index (χ2n) is 5.38. The molecule has 6 nitrogen and oxygen atoms in total. The fraction of sp³-hybridized carbons (Fsp3) is 0.467. The molecule has 22 heavy (non-hydrogen) atoms. The molecule has 1 aliphatic rings. The van der Waals surface area contributed by atoms with Gasteiger partial charge in [0, 0.05) is 12.2 Å². The number of nitrogens with zero attached hydrogens (tertiary/aromatic N) is 4. The average Bonchev–Trinajstić information content (AvgIpc) is 2.96. The molecular formula is C15H19N5OS. The van der Waals surface area contributed by atoms with E-state index >= 15 is 0 Å². The molecule has 1 saturated heterocycles. The van der Waals surface area contributed by atoms with Gasteiger partial charge in [0.1, 0.15) is 0 Å². The van der Waals surface area contributed by atoms with E-state index in [0.717, 1.165) is 49.8 Å². The van der Waals surface area contributed by atoms with Crippen molar-refractivity contribution < 1.29 is 4.79 Å². The van der Waals surface area contributed by atoms with E-state index in [0.29, 0.717) is 12.2 Å². The van der Waals surface area contributed by atoms with Crippen LogP contribution in [0.3, 0.4) is 0 Å².